The lowest BCUT2D eigenvalue weighted by atomic mass is 10.0. The minimum atomic E-state index is -0.0593. The molecule has 90 valence electrons. The lowest BCUT2D eigenvalue weighted by Crippen LogP contribution is -2.29. The van der Waals surface area contributed by atoms with Crippen molar-refractivity contribution in [2.75, 3.05) is 0 Å². The number of nitrogens with one attached hydrogen (secondary N) is 1. The van der Waals surface area contributed by atoms with Crippen molar-refractivity contribution in [1.29, 1.82) is 0 Å². The van der Waals surface area contributed by atoms with Gasteiger partial charge in [-0.1, -0.05) is 29.3 Å². The van der Waals surface area contributed by atoms with Crippen molar-refractivity contribution in [3.63, 3.8) is 0 Å². The van der Waals surface area contributed by atoms with Crippen LogP contribution in [-0.2, 0) is 6.42 Å². The van der Waals surface area contributed by atoms with E-state index < -0.39 is 0 Å². The number of hydrogen-bond acceptors (Lipinski definition) is 3. The molecule has 0 fully saturated rings. The predicted octanol–water partition coefficient (Wildman–Crippen LogP) is 3.33. The molecule has 0 aliphatic carbocycles. The third-order valence-electron chi connectivity index (χ3n) is 2.53. The fraction of sp³-hybridized carbons (Fsp3) is 0.167. The van der Waals surface area contributed by atoms with Gasteiger partial charge in [-0.3, -0.25) is 11.3 Å². The number of hydrazine groups is 1. The van der Waals surface area contributed by atoms with E-state index in [0.717, 1.165) is 11.3 Å². The summed E-state index contributed by atoms with van der Waals surface area (Å²) >= 11 is 11.8. The molecule has 3 N–H and O–H groups in total. The smallest absolute Gasteiger partial charge is 0.105 e. The van der Waals surface area contributed by atoms with Crippen LogP contribution in [0.15, 0.2) is 41.0 Å². The lowest BCUT2D eigenvalue weighted by molar-refractivity contribution is 0.455. The molecule has 1 aromatic heterocycles. The van der Waals surface area contributed by atoms with Crippen LogP contribution in [0.2, 0.25) is 10.0 Å². The molecule has 2 rings (SSSR count). The molecular formula is C12H12Cl2N2O. The summed E-state index contributed by atoms with van der Waals surface area (Å²) in [5.74, 6) is 6.40. The molecule has 0 spiro atoms. The molecule has 2 aromatic rings. The van der Waals surface area contributed by atoms with Crippen LogP contribution >= 0.6 is 23.2 Å². The van der Waals surface area contributed by atoms with Gasteiger partial charge in [0.25, 0.3) is 0 Å². The highest BCUT2D eigenvalue weighted by Crippen LogP contribution is 2.26. The molecule has 17 heavy (non-hydrogen) atoms. The minimum Gasteiger partial charge on any atom is -0.469 e. The Balaban J connectivity index is 2.20. The molecule has 0 radical (unpaired) electrons. The highest BCUT2D eigenvalue weighted by molar-refractivity contribution is 6.42. The van der Waals surface area contributed by atoms with Gasteiger partial charge in [0, 0.05) is 6.42 Å². The third-order valence-corrected chi connectivity index (χ3v) is 3.27. The molecule has 0 bridgehead atoms. The molecule has 0 saturated heterocycles. The predicted molar refractivity (Wildman–Crippen MR) is 68.9 cm³/mol. The van der Waals surface area contributed by atoms with Crippen LogP contribution in [0.4, 0.5) is 0 Å². The number of hydrogen-bond donors (Lipinski definition) is 2. The zero-order chi connectivity index (χ0) is 12.3. The Hall–Kier alpha value is -1.000. The van der Waals surface area contributed by atoms with Gasteiger partial charge >= 0.3 is 0 Å². The third kappa shape index (κ3) is 3.01. The minimum absolute atomic E-state index is 0.0593. The van der Waals surface area contributed by atoms with Crippen LogP contribution < -0.4 is 11.3 Å². The van der Waals surface area contributed by atoms with Gasteiger partial charge in [0.2, 0.25) is 0 Å². The second-order valence-electron chi connectivity index (χ2n) is 3.68. The molecule has 0 saturated carbocycles. The van der Waals surface area contributed by atoms with Crippen molar-refractivity contribution in [2.24, 2.45) is 5.84 Å². The van der Waals surface area contributed by atoms with Gasteiger partial charge in [0.1, 0.15) is 5.76 Å². The van der Waals surface area contributed by atoms with E-state index in [-0.39, 0.29) is 6.04 Å². The maximum absolute atomic E-state index is 5.97. The Labute approximate surface area is 109 Å². The first-order chi connectivity index (χ1) is 8.20. The summed E-state index contributed by atoms with van der Waals surface area (Å²) in [5, 5.41) is 1.05. The van der Waals surface area contributed by atoms with Crippen LogP contribution in [0.1, 0.15) is 17.4 Å². The molecule has 0 aliphatic rings. The standard InChI is InChI=1S/C12H12Cl2N2O/c13-10-4-3-8(6-11(10)14)12(16-15)7-9-2-1-5-17-9/h1-6,12,16H,7,15H2. The second kappa shape index (κ2) is 5.56. The Morgan fingerprint density at radius 1 is 1.24 bits per heavy atom. The van der Waals surface area contributed by atoms with E-state index in [1.807, 2.05) is 18.2 Å². The monoisotopic (exact) mass is 270 g/mol. The van der Waals surface area contributed by atoms with Gasteiger partial charge in [-0.2, -0.15) is 0 Å². The summed E-state index contributed by atoms with van der Waals surface area (Å²) in [4.78, 5) is 0. The Morgan fingerprint density at radius 2 is 2.06 bits per heavy atom. The van der Waals surface area contributed by atoms with Crippen LogP contribution in [0, 0.1) is 0 Å². The number of nitrogens with two attached hydrogens (primary N) is 1. The van der Waals surface area contributed by atoms with Crippen molar-refractivity contribution in [2.45, 2.75) is 12.5 Å². The highest BCUT2D eigenvalue weighted by atomic mass is 35.5. The fourth-order valence-corrected chi connectivity index (χ4v) is 1.94. The van der Waals surface area contributed by atoms with E-state index in [1.54, 1.807) is 18.4 Å². The van der Waals surface area contributed by atoms with E-state index in [1.165, 1.54) is 0 Å². The Morgan fingerprint density at radius 3 is 2.65 bits per heavy atom. The van der Waals surface area contributed by atoms with Crippen molar-refractivity contribution in [1.82, 2.24) is 5.43 Å². The lowest BCUT2D eigenvalue weighted by Gasteiger charge is -2.15. The normalized spacial score (nSPS) is 12.6. The summed E-state index contributed by atoms with van der Waals surface area (Å²) in [6, 6.07) is 9.14. The summed E-state index contributed by atoms with van der Waals surface area (Å²) in [6.45, 7) is 0. The molecule has 0 aliphatic heterocycles. The van der Waals surface area contributed by atoms with Crippen LogP contribution in [0.25, 0.3) is 0 Å². The number of rotatable bonds is 4. The van der Waals surface area contributed by atoms with E-state index >= 15 is 0 Å². The summed E-state index contributed by atoms with van der Waals surface area (Å²) in [7, 11) is 0. The van der Waals surface area contributed by atoms with Gasteiger partial charge in [-0.15, -0.1) is 0 Å². The SMILES string of the molecule is NNC(Cc1ccco1)c1ccc(Cl)c(Cl)c1. The Kier molecular flexibility index (Phi) is 4.07. The van der Waals surface area contributed by atoms with Crippen LogP contribution in [-0.4, -0.2) is 0 Å². The quantitative estimate of drug-likeness (QED) is 0.662. The molecule has 0 amide bonds. The van der Waals surface area contributed by atoms with Crippen molar-refractivity contribution in [3.8, 4) is 0 Å². The first-order valence-corrected chi connectivity index (χ1v) is 5.89. The molecule has 5 heteroatoms. The second-order valence-corrected chi connectivity index (χ2v) is 4.49. The largest absolute Gasteiger partial charge is 0.469 e. The van der Waals surface area contributed by atoms with Crippen molar-refractivity contribution in [3.05, 3.63) is 58.0 Å². The van der Waals surface area contributed by atoms with E-state index in [9.17, 15) is 0 Å². The maximum Gasteiger partial charge on any atom is 0.105 e. The topological polar surface area (TPSA) is 51.2 Å². The molecule has 1 heterocycles. The zero-order valence-electron chi connectivity index (χ0n) is 8.99. The van der Waals surface area contributed by atoms with Crippen molar-refractivity contribution < 1.29 is 4.42 Å². The van der Waals surface area contributed by atoms with E-state index in [2.05, 4.69) is 5.43 Å². The summed E-state index contributed by atoms with van der Waals surface area (Å²) < 4.78 is 5.29. The fourth-order valence-electron chi connectivity index (χ4n) is 1.63. The van der Waals surface area contributed by atoms with Gasteiger partial charge < -0.3 is 4.42 Å². The average molecular weight is 271 g/mol. The molecule has 1 atom stereocenters. The summed E-state index contributed by atoms with van der Waals surface area (Å²) in [5.41, 5.74) is 3.71. The zero-order valence-corrected chi connectivity index (χ0v) is 10.5. The van der Waals surface area contributed by atoms with Crippen LogP contribution in [0.5, 0.6) is 0 Å². The Bertz CT molecular complexity index is 485. The van der Waals surface area contributed by atoms with E-state index in [4.69, 9.17) is 33.5 Å². The molecule has 1 unspecified atom stereocenters. The maximum atomic E-state index is 5.97. The molecular weight excluding hydrogens is 259 g/mol. The summed E-state index contributed by atoms with van der Waals surface area (Å²) in [6.07, 6.45) is 2.29. The number of furan rings is 1. The van der Waals surface area contributed by atoms with Gasteiger partial charge in [0.15, 0.2) is 0 Å². The van der Waals surface area contributed by atoms with Crippen LogP contribution in [0.3, 0.4) is 0 Å². The van der Waals surface area contributed by atoms with Gasteiger partial charge in [-0.25, -0.2) is 0 Å². The first-order valence-electron chi connectivity index (χ1n) is 5.14. The van der Waals surface area contributed by atoms with Gasteiger partial charge in [0.05, 0.1) is 22.4 Å². The number of benzene rings is 1. The number of halogens is 2. The first kappa shape index (κ1) is 12.5. The highest BCUT2D eigenvalue weighted by Gasteiger charge is 2.13. The average Bonchev–Trinajstić information content (AvgIpc) is 2.82. The molecule has 3 nitrogen and oxygen atoms in total. The molecule has 1 aromatic carbocycles. The van der Waals surface area contributed by atoms with Crippen molar-refractivity contribution >= 4 is 23.2 Å². The van der Waals surface area contributed by atoms with Gasteiger partial charge in [-0.05, 0) is 29.8 Å². The van der Waals surface area contributed by atoms with E-state index in [0.29, 0.717) is 16.5 Å².